The molecule has 8 heteroatoms. The third-order valence-corrected chi connectivity index (χ3v) is 2.44. The number of nitrogens with one attached hydrogen (secondary N) is 1. The molecule has 0 aliphatic heterocycles. The quantitative estimate of drug-likeness (QED) is 0.733. The summed E-state index contributed by atoms with van der Waals surface area (Å²) in [6.07, 6.45) is 1.91. The Bertz CT molecular complexity index is 647. The molecule has 0 unspecified atom stereocenters. The Hall–Kier alpha value is -3.03. The van der Waals surface area contributed by atoms with Gasteiger partial charge in [0, 0.05) is 11.3 Å². The first-order valence-electron chi connectivity index (χ1n) is 5.63. The van der Waals surface area contributed by atoms with E-state index in [-0.39, 0.29) is 18.1 Å². The summed E-state index contributed by atoms with van der Waals surface area (Å²) < 4.78 is 1.25. The summed E-state index contributed by atoms with van der Waals surface area (Å²) in [5, 5.41) is 9.77. The van der Waals surface area contributed by atoms with Crippen molar-refractivity contribution in [3.63, 3.8) is 0 Å². The Morgan fingerprint density at radius 1 is 1.30 bits per heavy atom. The summed E-state index contributed by atoms with van der Waals surface area (Å²) in [6.45, 7) is -0.0710. The predicted octanol–water partition coefficient (Wildman–Crippen LogP) is -0.172. The van der Waals surface area contributed by atoms with Gasteiger partial charge < -0.3 is 11.1 Å². The van der Waals surface area contributed by atoms with E-state index in [1.54, 1.807) is 12.1 Å². The predicted molar refractivity (Wildman–Crippen MR) is 69.0 cm³/mol. The van der Waals surface area contributed by atoms with Crippen LogP contribution >= 0.6 is 0 Å². The zero-order valence-corrected chi connectivity index (χ0v) is 10.3. The summed E-state index contributed by atoms with van der Waals surface area (Å²) in [7, 11) is 0. The van der Waals surface area contributed by atoms with E-state index in [0.717, 1.165) is 0 Å². The van der Waals surface area contributed by atoms with Crippen LogP contribution in [0.1, 0.15) is 20.8 Å². The van der Waals surface area contributed by atoms with Crippen LogP contribution in [0.4, 0.5) is 5.69 Å². The van der Waals surface area contributed by atoms with E-state index < -0.39 is 5.91 Å². The average molecular weight is 273 g/mol. The van der Waals surface area contributed by atoms with Gasteiger partial charge in [0.05, 0.1) is 6.20 Å². The molecule has 2 aromatic rings. The van der Waals surface area contributed by atoms with Gasteiger partial charge in [0.1, 0.15) is 12.2 Å². The third kappa shape index (κ3) is 3.25. The van der Waals surface area contributed by atoms with Gasteiger partial charge in [-0.1, -0.05) is 5.21 Å². The van der Waals surface area contributed by atoms with Crippen molar-refractivity contribution in [3.8, 4) is 0 Å². The second-order valence-corrected chi connectivity index (χ2v) is 3.95. The first kappa shape index (κ1) is 13.4. The van der Waals surface area contributed by atoms with Crippen LogP contribution in [-0.2, 0) is 11.3 Å². The summed E-state index contributed by atoms with van der Waals surface area (Å²) in [6, 6.07) is 6.15. The molecule has 1 aromatic carbocycles. The Morgan fingerprint density at radius 3 is 2.55 bits per heavy atom. The van der Waals surface area contributed by atoms with Gasteiger partial charge in [-0.2, -0.15) is 0 Å². The van der Waals surface area contributed by atoms with E-state index in [9.17, 15) is 14.4 Å². The molecule has 0 saturated carbocycles. The van der Waals surface area contributed by atoms with Crippen molar-refractivity contribution < 1.29 is 14.4 Å². The third-order valence-electron chi connectivity index (χ3n) is 2.44. The van der Waals surface area contributed by atoms with E-state index in [2.05, 4.69) is 15.6 Å². The van der Waals surface area contributed by atoms with Crippen LogP contribution in [0.25, 0.3) is 0 Å². The minimum Gasteiger partial charge on any atom is -0.366 e. The number of aldehydes is 1. The molecule has 0 aliphatic rings. The van der Waals surface area contributed by atoms with E-state index in [0.29, 0.717) is 17.5 Å². The number of anilines is 1. The molecule has 1 heterocycles. The Balaban J connectivity index is 1.97. The van der Waals surface area contributed by atoms with Crippen molar-refractivity contribution in [2.45, 2.75) is 6.54 Å². The Morgan fingerprint density at radius 2 is 2.00 bits per heavy atom. The molecular formula is C12H11N5O3. The standard InChI is InChI=1S/C12H11N5O3/c13-12(20)8-1-3-9(4-2-8)14-11(19)6-17-5-10(7-18)15-16-17/h1-5,7H,6H2,(H2,13,20)(H,14,19). The molecule has 0 bridgehead atoms. The van der Waals surface area contributed by atoms with Crippen LogP contribution in [0.3, 0.4) is 0 Å². The van der Waals surface area contributed by atoms with E-state index in [1.165, 1.54) is 23.0 Å². The highest BCUT2D eigenvalue weighted by Crippen LogP contribution is 2.09. The molecule has 0 atom stereocenters. The fourth-order valence-electron chi connectivity index (χ4n) is 1.51. The van der Waals surface area contributed by atoms with Crippen molar-refractivity contribution >= 4 is 23.8 Å². The molecule has 2 amide bonds. The summed E-state index contributed by atoms with van der Waals surface area (Å²) in [5.41, 5.74) is 6.15. The first-order valence-corrected chi connectivity index (χ1v) is 5.63. The molecule has 8 nitrogen and oxygen atoms in total. The van der Waals surface area contributed by atoms with Crippen molar-refractivity contribution in [2.75, 3.05) is 5.32 Å². The maximum atomic E-state index is 11.7. The number of aromatic nitrogens is 3. The van der Waals surface area contributed by atoms with Crippen LogP contribution in [0.5, 0.6) is 0 Å². The number of carbonyl (C=O) groups excluding carboxylic acids is 3. The molecule has 0 saturated heterocycles. The minimum atomic E-state index is -0.535. The van der Waals surface area contributed by atoms with Crippen LogP contribution in [0.2, 0.25) is 0 Å². The number of primary amides is 1. The van der Waals surface area contributed by atoms with Gasteiger partial charge in [-0.25, -0.2) is 4.68 Å². The lowest BCUT2D eigenvalue weighted by molar-refractivity contribution is -0.116. The second kappa shape index (κ2) is 5.74. The molecule has 0 fully saturated rings. The fraction of sp³-hybridized carbons (Fsp3) is 0.0833. The van der Waals surface area contributed by atoms with Gasteiger partial charge in [0.25, 0.3) is 0 Å². The molecule has 0 radical (unpaired) electrons. The van der Waals surface area contributed by atoms with E-state index in [4.69, 9.17) is 5.73 Å². The molecule has 1 aromatic heterocycles. The molecule has 102 valence electrons. The first-order chi connectivity index (χ1) is 9.58. The number of benzene rings is 1. The van der Waals surface area contributed by atoms with Crippen LogP contribution in [-0.4, -0.2) is 33.1 Å². The van der Waals surface area contributed by atoms with Crippen molar-refractivity contribution in [2.24, 2.45) is 5.73 Å². The summed E-state index contributed by atoms with van der Waals surface area (Å²) >= 11 is 0. The summed E-state index contributed by atoms with van der Waals surface area (Å²) in [4.78, 5) is 33.0. The number of rotatable bonds is 5. The molecule has 2 rings (SSSR count). The number of hydrogen-bond donors (Lipinski definition) is 2. The monoisotopic (exact) mass is 273 g/mol. The van der Waals surface area contributed by atoms with Gasteiger partial charge in [-0.15, -0.1) is 5.10 Å². The topological polar surface area (TPSA) is 120 Å². The smallest absolute Gasteiger partial charge is 0.248 e. The second-order valence-electron chi connectivity index (χ2n) is 3.95. The lowest BCUT2D eigenvalue weighted by Crippen LogP contribution is -2.19. The van der Waals surface area contributed by atoms with Crippen molar-refractivity contribution in [3.05, 3.63) is 41.7 Å². The largest absolute Gasteiger partial charge is 0.366 e. The highest BCUT2D eigenvalue weighted by molar-refractivity contribution is 5.94. The molecular weight excluding hydrogens is 262 g/mol. The molecule has 3 N–H and O–H groups in total. The van der Waals surface area contributed by atoms with Crippen molar-refractivity contribution in [1.29, 1.82) is 0 Å². The average Bonchev–Trinajstić information content (AvgIpc) is 2.86. The maximum Gasteiger partial charge on any atom is 0.248 e. The lowest BCUT2D eigenvalue weighted by Gasteiger charge is -2.05. The zero-order chi connectivity index (χ0) is 14.5. The van der Waals surface area contributed by atoms with E-state index in [1.807, 2.05) is 0 Å². The van der Waals surface area contributed by atoms with Gasteiger partial charge in [0.15, 0.2) is 6.29 Å². The number of nitrogens with two attached hydrogens (primary N) is 1. The minimum absolute atomic E-state index is 0.0710. The Kier molecular flexibility index (Phi) is 3.85. The number of carbonyl (C=O) groups is 3. The zero-order valence-electron chi connectivity index (χ0n) is 10.3. The van der Waals surface area contributed by atoms with E-state index >= 15 is 0 Å². The fourth-order valence-corrected chi connectivity index (χ4v) is 1.51. The van der Waals surface area contributed by atoms with Crippen molar-refractivity contribution in [1.82, 2.24) is 15.0 Å². The molecule has 20 heavy (non-hydrogen) atoms. The Labute approximate surface area is 113 Å². The van der Waals surface area contributed by atoms with Gasteiger partial charge >= 0.3 is 0 Å². The lowest BCUT2D eigenvalue weighted by atomic mass is 10.2. The molecule has 0 spiro atoms. The highest BCUT2D eigenvalue weighted by Gasteiger charge is 2.07. The van der Waals surface area contributed by atoms with Gasteiger partial charge in [-0.3, -0.25) is 14.4 Å². The van der Waals surface area contributed by atoms with Gasteiger partial charge in [0.2, 0.25) is 11.8 Å². The van der Waals surface area contributed by atoms with Crippen LogP contribution in [0, 0.1) is 0 Å². The highest BCUT2D eigenvalue weighted by atomic mass is 16.2. The number of nitrogens with zero attached hydrogens (tertiary/aromatic N) is 3. The summed E-state index contributed by atoms with van der Waals surface area (Å²) in [5.74, 6) is -0.869. The maximum absolute atomic E-state index is 11.7. The number of amides is 2. The SMILES string of the molecule is NC(=O)c1ccc(NC(=O)Cn2cc(C=O)nn2)cc1. The van der Waals surface area contributed by atoms with Crippen LogP contribution < -0.4 is 11.1 Å². The van der Waals surface area contributed by atoms with Crippen LogP contribution in [0.15, 0.2) is 30.5 Å². The number of hydrogen-bond acceptors (Lipinski definition) is 5. The molecule has 0 aliphatic carbocycles. The van der Waals surface area contributed by atoms with Gasteiger partial charge in [-0.05, 0) is 24.3 Å². The normalized spacial score (nSPS) is 10.0.